The Morgan fingerprint density at radius 1 is 1.39 bits per heavy atom. The number of thioether (sulfide) groups is 1. The predicted octanol–water partition coefficient (Wildman–Crippen LogP) is 2.82. The number of rotatable bonds is 4. The lowest BCUT2D eigenvalue weighted by Crippen LogP contribution is -2.49. The van der Waals surface area contributed by atoms with Gasteiger partial charge in [0.05, 0.1) is 15.6 Å². The molecular weight excluding hydrogens is 381 g/mol. The van der Waals surface area contributed by atoms with Crippen LogP contribution >= 0.6 is 46.3 Å². The molecule has 0 saturated carbocycles. The second-order valence-electron chi connectivity index (χ2n) is 4.62. The molecule has 1 N–H and O–H groups in total. The van der Waals surface area contributed by atoms with Gasteiger partial charge in [0.25, 0.3) is 5.91 Å². The van der Waals surface area contributed by atoms with Crippen LogP contribution < -0.4 is 5.32 Å². The lowest BCUT2D eigenvalue weighted by atomic mass is 10.2. The van der Waals surface area contributed by atoms with Gasteiger partial charge in [-0.1, -0.05) is 23.2 Å². The van der Waals surface area contributed by atoms with Crippen molar-refractivity contribution in [2.75, 3.05) is 13.1 Å². The maximum atomic E-state index is 12.2. The molecule has 2 aliphatic heterocycles. The Bertz CT molecular complexity index is 760. The molecule has 0 spiro atoms. The number of allylic oxidation sites excluding steroid dienone is 1. The van der Waals surface area contributed by atoms with Gasteiger partial charge in [0.15, 0.2) is 0 Å². The average Bonchev–Trinajstić information content (AvgIpc) is 3.08. The van der Waals surface area contributed by atoms with Crippen LogP contribution in [0.15, 0.2) is 22.5 Å². The number of amides is 4. The zero-order chi connectivity index (χ0) is 16.6. The number of carbonyl (C=O) groups excluding carboxylic acids is 3. The van der Waals surface area contributed by atoms with Crippen LogP contribution in [0.3, 0.4) is 0 Å². The van der Waals surface area contributed by atoms with Crippen molar-refractivity contribution in [3.8, 4) is 0 Å². The molecule has 1 aromatic rings. The molecule has 0 fully saturated rings. The fraction of sp³-hybridized carbons (Fsp3) is 0.231. The number of thiophene rings is 1. The fourth-order valence-electron chi connectivity index (χ4n) is 2.11. The Balaban J connectivity index is 1.59. The summed E-state index contributed by atoms with van der Waals surface area (Å²) in [6.45, 7) is 0.155. The van der Waals surface area contributed by atoms with Gasteiger partial charge < -0.3 is 5.32 Å². The molecule has 23 heavy (non-hydrogen) atoms. The van der Waals surface area contributed by atoms with Crippen LogP contribution in [0, 0.1) is 0 Å². The minimum absolute atomic E-state index is 0.0483. The highest BCUT2D eigenvalue weighted by molar-refractivity contribution is 8.04. The molecule has 6 nitrogen and oxygen atoms in total. The Morgan fingerprint density at radius 2 is 2.17 bits per heavy atom. The molecule has 0 saturated heterocycles. The van der Waals surface area contributed by atoms with E-state index in [0.717, 1.165) is 16.2 Å². The highest BCUT2D eigenvalue weighted by Crippen LogP contribution is 2.31. The minimum atomic E-state index is -0.612. The molecule has 3 rings (SSSR count). The van der Waals surface area contributed by atoms with E-state index < -0.39 is 17.2 Å². The van der Waals surface area contributed by atoms with Crippen LogP contribution in [0.4, 0.5) is 4.79 Å². The van der Waals surface area contributed by atoms with Crippen LogP contribution in [0.25, 0.3) is 0 Å². The molecule has 120 valence electrons. The number of nitrogens with one attached hydrogen (secondary N) is 1. The molecule has 1 atom stereocenters. The summed E-state index contributed by atoms with van der Waals surface area (Å²) in [4.78, 5) is 41.0. The van der Waals surface area contributed by atoms with E-state index in [4.69, 9.17) is 23.2 Å². The van der Waals surface area contributed by atoms with Crippen LogP contribution in [0.5, 0.6) is 0 Å². The number of halogens is 2. The van der Waals surface area contributed by atoms with Gasteiger partial charge in [-0.15, -0.1) is 23.1 Å². The molecule has 4 amide bonds. The monoisotopic (exact) mass is 389 g/mol. The van der Waals surface area contributed by atoms with Crippen LogP contribution in [0.1, 0.15) is 10.4 Å². The third-order valence-electron chi connectivity index (χ3n) is 3.19. The molecule has 0 aromatic carbocycles. The second-order valence-corrected chi connectivity index (χ2v) is 7.92. The molecule has 0 aliphatic carbocycles. The number of imide groups is 1. The number of fused-ring (bicyclic) bond motifs is 1. The van der Waals surface area contributed by atoms with E-state index in [1.54, 1.807) is 11.5 Å². The third kappa shape index (κ3) is 3.30. The molecular formula is C13H9Cl2N3O3S2. The van der Waals surface area contributed by atoms with Crippen molar-refractivity contribution in [3.05, 3.63) is 31.8 Å². The molecule has 2 aliphatic rings. The normalized spacial score (nSPS) is 19.8. The third-order valence-corrected chi connectivity index (χ3v) is 5.69. The van der Waals surface area contributed by atoms with Crippen molar-refractivity contribution in [3.63, 3.8) is 0 Å². The zero-order valence-electron chi connectivity index (χ0n) is 11.4. The Hall–Kier alpha value is -1.35. The highest BCUT2D eigenvalue weighted by atomic mass is 35.5. The van der Waals surface area contributed by atoms with E-state index in [0.29, 0.717) is 14.4 Å². The lowest BCUT2D eigenvalue weighted by molar-refractivity contribution is -0.126. The summed E-state index contributed by atoms with van der Waals surface area (Å²) >= 11 is 14.1. The van der Waals surface area contributed by atoms with Gasteiger partial charge in [0, 0.05) is 13.1 Å². The van der Waals surface area contributed by atoms with Gasteiger partial charge >= 0.3 is 6.03 Å². The molecule has 10 heteroatoms. The van der Waals surface area contributed by atoms with E-state index in [1.165, 1.54) is 17.8 Å². The van der Waals surface area contributed by atoms with Crippen molar-refractivity contribution in [2.24, 2.45) is 4.99 Å². The maximum absolute atomic E-state index is 12.2. The summed E-state index contributed by atoms with van der Waals surface area (Å²) in [5, 5.41) is 3.88. The number of hydrogen-bond acceptors (Lipinski definition) is 5. The topological polar surface area (TPSA) is 78.8 Å². The Kier molecular flexibility index (Phi) is 4.77. The number of urea groups is 1. The first-order valence-corrected chi connectivity index (χ1v) is 8.98. The van der Waals surface area contributed by atoms with Crippen molar-refractivity contribution < 1.29 is 14.4 Å². The molecule has 1 unspecified atom stereocenters. The van der Waals surface area contributed by atoms with Gasteiger partial charge in [-0.3, -0.25) is 14.5 Å². The maximum Gasteiger partial charge on any atom is 0.350 e. The molecule has 0 bridgehead atoms. The number of carbonyl (C=O) groups is 3. The standard InChI is InChI=1S/C13H9Cl2N3O3S2/c14-8-5-6(10(15)23-8)11(19)16-2-3-18-12(20)9-7(1-4-22-9)17-13(18)21/h1,4-5,9H,2-3H2,(H,16,19). The lowest BCUT2D eigenvalue weighted by Gasteiger charge is -2.25. The highest BCUT2D eigenvalue weighted by Gasteiger charge is 2.38. The van der Waals surface area contributed by atoms with E-state index in [2.05, 4.69) is 10.3 Å². The van der Waals surface area contributed by atoms with Crippen molar-refractivity contribution in [1.82, 2.24) is 10.2 Å². The SMILES string of the molecule is O=C(NCCN1C(=O)N=C2C=CSC2C1=O)c1cc(Cl)sc1Cl. The van der Waals surface area contributed by atoms with Crippen molar-refractivity contribution in [1.29, 1.82) is 0 Å². The molecule has 0 radical (unpaired) electrons. The van der Waals surface area contributed by atoms with E-state index in [9.17, 15) is 14.4 Å². The first kappa shape index (κ1) is 16.5. The molecule has 3 heterocycles. The first-order valence-electron chi connectivity index (χ1n) is 6.46. The fourth-order valence-corrected chi connectivity index (χ4v) is 4.46. The van der Waals surface area contributed by atoms with Crippen molar-refractivity contribution in [2.45, 2.75) is 5.25 Å². The largest absolute Gasteiger partial charge is 0.350 e. The Labute approximate surface area is 149 Å². The van der Waals surface area contributed by atoms with E-state index in [1.807, 2.05) is 0 Å². The van der Waals surface area contributed by atoms with Crippen LogP contribution in [0.2, 0.25) is 8.67 Å². The quantitative estimate of drug-likeness (QED) is 0.858. The van der Waals surface area contributed by atoms with Gasteiger partial charge in [-0.2, -0.15) is 4.99 Å². The summed E-state index contributed by atoms with van der Waals surface area (Å²) in [7, 11) is 0. The van der Waals surface area contributed by atoms with E-state index in [-0.39, 0.29) is 24.6 Å². The summed E-state index contributed by atoms with van der Waals surface area (Å²) in [6, 6.07) is 0.859. The Morgan fingerprint density at radius 3 is 2.87 bits per heavy atom. The van der Waals surface area contributed by atoms with Gasteiger partial charge in [0.2, 0.25) is 5.91 Å². The zero-order valence-corrected chi connectivity index (χ0v) is 14.6. The predicted molar refractivity (Wildman–Crippen MR) is 91.7 cm³/mol. The minimum Gasteiger partial charge on any atom is -0.350 e. The van der Waals surface area contributed by atoms with Gasteiger partial charge in [-0.25, -0.2) is 4.79 Å². The number of nitrogens with zero attached hydrogens (tertiary/aromatic N) is 2. The average molecular weight is 390 g/mol. The summed E-state index contributed by atoms with van der Waals surface area (Å²) < 4.78 is 0.703. The van der Waals surface area contributed by atoms with Crippen LogP contribution in [-0.2, 0) is 4.79 Å². The van der Waals surface area contributed by atoms with Crippen molar-refractivity contribution >= 4 is 69.9 Å². The first-order chi connectivity index (χ1) is 11.0. The number of aliphatic imine (C=N–C) groups is 1. The summed E-state index contributed by atoms with van der Waals surface area (Å²) in [5.41, 5.74) is 0.749. The van der Waals surface area contributed by atoms with E-state index >= 15 is 0 Å². The number of hydrogen-bond donors (Lipinski definition) is 1. The molecule has 1 aromatic heterocycles. The van der Waals surface area contributed by atoms with Gasteiger partial charge in [0.1, 0.15) is 9.59 Å². The summed E-state index contributed by atoms with van der Waals surface area (Å²) in [6.07, 6.45) is 1.66. The van der Waals surface area contributed by atoms with Gasteiger partial charge in [-0.05, 0) is 17.6 Å². The summed E-state index contributed by atoms with van der Waals surface area (Å²) in [5.74, 6) is -0.725. The second kappa shape index (κ2) is 6.64. The smallest absolute Gasteiger partial charge is 0.350 e. The van der Waals surface area contributed by atoms with Crippen LogP contribution in [-0.4, -0.2) is 46.8 Å².